The molecule has 0 saturated heterocycles. The van der Waals surface area contributed by atoms with E-state index in [1.54, 1.807) is 12.4 Å². The smallest absolute Gasteiger partial charge is 0.123 e. The first-order valence-electron chi connectivity index (χ1n) is 10.1. The summed E-state index contributed by atoms with van der Waals surface area (Å²) < 4.78 is 0. The molecule has 3 rings (SSSR count). The second kappa shape index (κ2) is 7.38. The summed E-state index contributed by atoms with van der Waals surface area (Å²) in [5.74, 6) is 0. The third kappa shape index (κ3) is 3.97. The largest absolute Gasteiger partial charge is 0.380 e. The van der Waals surface area contributed by atoms with Crippen molar-refractivity contribution in [3.8, 4) is 11.1 Å². The molecule has 0 spiro atoms. The number of aliphatic hydroxyl groups is 1. The van der Waals surface area contributed by atoms with E-state index in [9.17, 15) is 5.11 Å². The summed E-state index contributed by atoms with van der Waals surface area (Å²) >= 11 is 0. The quantitative estimate of drug-likeness (QED) is 0.596. The lowest BCUT2D eigenvalue weighted by Gasteiger charge is -2.41. The van der Waals surface area contributed by atoms with E-state index in [1.807, 2.05) is 26.8 Å². The van der Waals surface area contributed by atoms with Gasteiger partial charge in [-0.1, -0.05) is 84.0 Å². The summed E-state index contributed by atoms with van der Waals surface area (Å²) in [6, 6.07) is 15.0. The highest BCUT2D eigenvalue weighted by molar-refractivity contribution is 5.66. The molecule has 0 aliphatic rings. The zero-order valence-electron chi connectivity index (χ0n) is 18.6. The predicted octanol–water partition coefficient (Wildman–Crippen LogP) is 6.03. The molecule has 1 aromatic heterocycles. The van der Waals surface area contributed by atoms with E-state index in [1.165, 1.54) is 17.5 Å². The maximum atomic E-state index is 11.9. The van der Waals surface area contributed by atoms with Crippen molar-refractivity contribution in [3.05, 3.63) is 83.4 Å². The molecule has 3 heteroatoms. The number of rotatable bonds is 3. The number of nitrogens with zero attached hydrogens (tertiary/aromatic N) is 2. The average Bonchev–Trinajstić information content (AvgIpc) is 2.66. The third-order valence-corrected chi connectivity index (χ3v) is 5.76. The topological polar surface area (TPSA) is 46.0 Å². The first-order valence-corrected chi connectivity index (χ1v) is 10.1. The number of benzene rings is 2. The molecule has 1 heterocycles. The van der Waals surface area contributed by atoms with Crippen molar-refractivity contribution in [1.82, 2.24) is 9.97 Å². The van der Waals surface area contributed by atoms with Crippen molar-refractivity contribution in [2.24, 2.45) is 5.41 Å². The van der Waals surface area contributed by atoms with Gasteiger partial charge in [-0.05, 0) is 45.6 Å². The van der Waals surface area contributed by atoms with Crippen LogP contribution in [0.25, 0.3) is 11.1 Å². The maximum absolute atomic E-state index is 11.9. The number of hydrogen-bond donors (Lipinski definition) is 1. The van der Waals surface area contributed by atoms with Crippen LogP contribution in [0, 0.1) is 12.3 Å². The van der Waals surface area contributed by atoms with E-state index in [4.69, 9.17) is 0 Å². The molecule has 0 saturated carbocycles. The molecule has 1 unspecified atom stereocenters. The normalized spacial score (nSPS) is 14.5. The molecular formula is C26H32N2O. The molecule has 0 aliphatic heterocycles. The highest BCUT2D eigenvalue weighted by Crippen LogP contribution is 2.46. The lowest BCUT2D eigenvalue weighted by molar-refractivity contribution is -0.0269. The molecule has 1 N–H and O–H groups in total. The number of aryl methyl sites for hydroxylation is 1. The van der Waals surface area contributed by atoms with Gasteiger partial charge in [-0.25, -0.2) is 9.97 Å². The SMILES string of the molecule is Cc1cc(-c2ccc(C(C)(C)C)cc2)ccc1C(O)(c1cncnc1)C(C)(C)C. The molecule has 2 aromatic carbocycles. The van der Waals surface area contributed by atoms with E-state index < -0.39 is 11.0 Å². The van der Waals surface area contributed by atoms with E-state index >= 15 is 0 Å². The van der Waals surface area contributed by atoms with E-state index in [0.29, 0.717) is 5.56 Å². The van der Waals surface area contributed by atoms with Crippen LogP contribution < -0.4 is 0 Å². The van der Waals surface area contributed by atoms with Crippen molar-refractivity contribution in [2.75, 3.05) is 0 Å². The minimum Gasteiger partial charge on any atom is -0.380 e. The highest BCUT2D eigenvalue weighted by atomic mass is 16.3. The monoisotopic (exact) mass is 388 g/mol. The molecule has 3 aromatic rings. The summed E-state index contributed by atoms with van der Waals surface area (Å²) in [6.45, 7) is 14.9. The molecule has 3 nitrogen and oxygen atoms in total. The van der Waals surface area contributed by atoms with Crippen molar-refractivity contribution in [1.29, 1.82) is 0 Å². The fraction of sp³-hybridized carbons (Fsp3) is 0.385. The van der Waals surface area contributed by atoms with Crippen LogP contribution in [0.4, 0.5) is 0 Å². The van der Waals surface area contributed by atoms with Crippen LogP contribution in [-0.2, 0) is 11.0 Å². The van der Waals surface area contributed by atoms with Gasteiger partial charge in [0.1, 0.15) is 11.9 Å². The van der Waals surface area contributed by atoms with Gasteiger partial charge in [-0.2, -0.15) is 0 Å². The van der Waals surface area contributed by atoms with Gasteiger partial charge in [-0.3, -0.25) is 0 Å². The minimum absolute atomic E-state index is 0.138. The van der Waals surface area contributed by atoms with Crippen molar-refractivity contribution >= 4 is 0 Å². The van der Waals surface area contributed by atoms with Crippen molar-refractivity contribution < 1.29 is 5.11 Å². The van der Waals surface area contributed by atoms with Crippen LogP contribution in [-0.4, -0.2) is 15.1 Å². The van der Waals surface area contributed by atoms with Crippen LogP contribution >= 0.6 is 0 Å². The molecule has 0 fully saturated rings. The zero-order chi connectivity index (χ0) is 21.4. The predicted molar refractivity (Wildman–Crippen MR) is 120 cm³/mol. The van der Waals surface area contributed by atoms with Crippen molar-refractivity contribution in [2.45, 2.75) is 59.5 Å². The van der Waals surface area contributed by atoms with Crippen LogP contribution in [0.1, 0.15) is 63.8 Å². The fourth-order valence-electron chi connectivity index (χ4n) is 3.89. The third-order valence-electron chi connectivity index (χ3n) is 5.76. The van der Waals surface area contributed by atoms with Gasteiger partial charge in [0.05, 0.1) is 0 Å². The Morgan fingerprint density at radius 3 is 1.76 bits per heavy atom. The second-order valence-corrected chi connectivity index (χ2v) is 9.94. The summed E-state index contributed by atoms with van der Waals surface area (Å²) in [5, 5.41) is 11.9. The number of hydrogen-bond acceptors (Lipinski definition) is 3. The van der Waals surface area contributed by atoms with Crippen LogP contribution in [0.3, 0.4) is 0 Å². The Balaban J connectivity index is 2.06. The highest BCUT2D eigenvalue weighted by Gasteiger charge is 2.44. The first kappa shape index (κ1) is 21.2. The molecule has 152 valence electrons. The summed E-state index contributed by atoms with van der Waals surface area (Å²) in [7, 11) is 0. The Labute approximate surface area is 174 Å². The van der Waals surface area contributed by atoms with E-state index in [0.717, 1.165) is 16.7 Å². The molecule has 0 bridgehead atoms. The van der Waals surface area contributed by atoms with Gasteiger partial charge < -0.3 is 5.11 Å². The minimum atomic E-state index is -1.19. The average molecular weight is 389 g/mol. The maximum Gasteiger partial charge on any atom is 0.123 e. The summed E-state index contributed by atoms with van der Waals surface area (Å²) in [6.07, 6.45) is 4.90. The fourth-order valence-corrected chi connectivity index (χ4v) is 3.89. The second-order valence-electron chi connectivity index (χ2n) is 9.94. The molecule has 0 radical (unpaired) electrons. The summed E-state index contributed by atoms with van der Waals surface area (Å²) in [4.78, 5) is 8.28. The first-order chi connectivity index (χ1) is 13.4. The Morgan fingerprint density at radius 2 is 1.28 bits per heavy atom. The van der Waals surface area contributed by atoms with Gasteiger partial charge >= 0.3 is 0 Å². The zero-order valence-corrected chi connectivity index (χ0v) is 18.6. The molecule has 1 atom stereocenters. The lowest BCUT2D eigenvalue weighted by Crippen LogP contribution is -2.42. The molecular weight excluding hydrogens is 356 g/mol. The Kier molecular flexibility index (Phi) is 5.40. The Morgan fingerprint density at radius 1 is 0.724 bits per heavy atom. The van der Waals surface area contributed by atoms with E-state index in [2.05, 4.69) is 74.1 Å². The van der Waals surface area contributed by atoms with Gasteiger partial charge in [-0.15, -0.1) is 0 Å². The Bertz CT molecular complexity index is 980. The number of aromatic nitrogens is 2. The molecule has 29 heavy (non-hydrogen) atoms. The van der Waals surface area contributed by atoms with Gasteiger partial charge in [0, 0.05) is 18.0 Å². The van der Waals surface area contributed by atoms with Crippen LogP contribution in [0.5, 0.6) is 0 Å². The lowest BCUT2D eigenvalue weighted by atomic mass is 9.68. The van der Waals surface area contributed by atoms with Crippen LogP contribution in [0.15, 0.2) is 61.2 Å². The van der Waals surface area contributed by atoms with E-state index in [-0.39, 0.29) is 5.41 Å². The van der Waals surface area contributed by atoms with Crippen molar-refractivity contribution in [3.63, 3.8) is 0 Å². The molecule has 0 amide bonds. The van der Waals surface area contributed by atoms with Gasteiger partial charge in [0.2, 0.25) is 0 Å². The molecule has 0 aliphatic carbocycles. The Hall–Kier alpha value is -2.52. The summed E-state index contributed by atoms with van der Waals surface area (Å²) in [5.41, 5.74) is 4.80. The van der Waals surface area contributed by atoms with Gasteiger partial charge in [0.25, 0.3) is 0 Å². The standard InChI is InChI=1S/C26H32N2O/c1-18-14-20(19-8-11-21(12-9-19)24(2,3)4)10-13-23(18)26(29,25(5,6)7)22-15-27-17-28-16-22/h8-17,29H,1-7H3. The van der Waals surface area contributed by atoms with Crippen LogP contribution in [0.2, 0.25) is 0 Å². The van der Waals surface area contributed by atoms with Gasteiger partial charge in [0.15, 0.2) is 0 Å².